The molecule has 0 spiro atoms. The van der Waals surface area contributed by atoms with Crippen LogP contribution in [0.5, 0.6) is 0 Å². The van der Waals surface area contributed by atoms with Crippen LogP contribution in [0.3, 0.4) is 0 Å². The smallest absolute Gasteiger partial charge is 0.338 e. The van der Waals surface area contributed by atoms with Gasteiger partial charge < -0.3 is 9.47 Å². The third-order valence-electron chi connectivity index (χ3n) is 6.20. The molecule has 0 aliphatic carbocycles. The van der Waals surface area contributed by atoms with Gasteiger partial charge in [-0.2, -0.15) is 0 Å². The van der Waals surface area contributed by atoms with Crippen LogP contribution in [0.25, 0.3) is 0 Å². The van der Waals surface area contributed by atoms with Crippen molar-refractivity contribution in [2.45, 2.75) is 46.0 Å². The fraction of sp³-hybridized carbons (Fsp3) is 0.281. The average molecular weight is 526 g/mol. The van der Waals surface area contributed by atoms with Gasteiger partial charge in [0.25, 0.3) is 0 Å². The lowest BCUT2D eigenvalue weighted by Crippen LogP contribution is -2.33. The lowest BCUT2D eigenvalue weighted by atomic mass is 10.1. The Labute approximate surface area is 230 Å². The third-order valence-corrected chi connectivity index (χ3v) is 6.20. The monoisotopic (exact) mass is 525 g/mol. The van der Waals surface area contributed by atoms with Gasteiger partial charge in [0.2, 0.25) is 0 Å². The number of para-hydroxylation sites is 2. The number of carbonyl (C=O) groups excluding carboxylic acids is 2. The number of hydrogen-bond donors (Lipinski definition) is 0. The van der Waals surface area contributed by atoms with E-state index in [1.165, 1.54) is 0 Å². The predicted octanol–water partition coefficient (Wildman–Crippen LogP) is 6.66. The Kier molecular flexibility index (Phi) is 9.89. The lowest BCUT2D eigenvalue weighted by molar-refractivity contribution is -0.146. The second-order valence-corrected chi connectivity index (χ2v) is 9.15. The molecule has 0 amide bonds. The Morgan fingerprint density at radius 3 is 1.85 bits per heavy atom. The SMILES string of the molecule is CCCCOC(=O)C/C(C(=O)OCCCC)=C1/N(c2ccccc2)N=C(c2ccccc2)N1c1ccccc1. The van der Waals surface area contributed by atoms with E-state index in [1.54, 1.807) is 5.01 Å². The molecule has 3 aromatic rings. The molecule has 1 aliphatic heterocycles. The maximum Gasteiger partial charge on any atom is 0.338 e. The maximum atomic E-state index is 13.7. The van der Waals surface area contributed by atoms with Crippen LogP contribution < -0.4 is 9.91 Å². The zero-order chi connectivity index (χ0) is 27.5. The van der Waals surface area contributed by atoms with E-state index < -0.39 is 11.9 Å². The predicted molar refractivity (Wildman–Crippen MR) is 154 cm³/mol. The lowest BCUT2D eigenvalue weighted by Gasteiger charge is -2.27. The first-order chi connectivity index (χ1) is 19.1. The topological polar surface area (TPSA) is 71.4 Å². The Morgan fingerprint density at radius 1 is 0.718 bits per heavy atom. The van der Waals surface area contributed by atoms with Crippen molar-refractivity contribution < 1.29 is 19.1 Å². The molecule has 0 unspecified atom stereocenters. The standard InChI is InChI=1S/C32H35N3O4/c1-3-5-22-38-29(36)24-28(32(37)39-23-6-4-2)31-34(26-18-12-8-13-19-26)30(25-16-10-7-11-17-25)33-35(31)27-20-14-9-15-21-27/h7-21H,3-6,22-24H2,1-2H3/b31-28-. The van der Waals surface area contributed by atoms with Gasteiger partial charge in [0, 0.05) is 11.3 Å². The molecule has 7 nitrogen and oxygen atoms in total. The summed E-state index contributed by atoms with van der Waals surface area (Å²) in [6.07, 6.45) is 3.02. The largest absolute Gasteiger partial charge is 0.465 e. The summed E-state index contributed by atoms with van der Waals surface area (Å²) in [4.78, 5) is 28.6. The van der Waals surface area contributed by atoms with E-state index in [-0.39, 0.29) is 18.6 Å². The molecule has 202 valence electrons. The summed E-state index contributed by atoms with van der Waals surface area (Å²) in [5.74, 6) is 0.0314. The second-order valence-electron chi connectivity index (χ2n) is 9.15. The van der Waals surface area contributed by atoms with Gasteiger partial charge in [-0.1, -0.05) is 93.4 Å². The molecule has 0 bridgehead atoms. The molecule has 0 aromatic heterocycles. The molecule has 0 saturated carbocycles. The number of hydrogen-bond acceptors (Lipinski definition) is 7. The minimum atomic E-state index is -0.558. The van der Waals surface area contributed by atoms with E-state index in [0.717, 1.165) is 42.6 Å². The highest BCUT2D eigenvalue weighted by Crippen LogP contribution is 2.36. The van der Waals surface area contributed by atoms with E-state index in [9.17, 15) is 9.59 Å². The molecular weight excluding hydrogens is 490 g/mol. The first-order valence-corrected chi connectivity index (χ1v) is 13.5. The van der Waals surface area contributed by atoms with Crippen molar-refractivity contribution in [3.8, 4) is 0 Å². The zero-order valence-corrected chi connectivity index (χ0v) is 22.6. The summed E-state index contributed by atoms with van der Waals surface area (Å²) in [6, 6.07) is 29.0. The zero-order valence-electron chi connectivity index (χ0n) is 22.6. The average Bonchev–Trinajstić information content (AvgIpc) is 3.38. The number of benzene rings is 3. The number of esters is 2. The summed E-state index contributed by atoms with van der Waals surface area (Å²) < 4.78 is 11.2. The van der Waals surface area contributed by atoms with Gasteiger partial charge in [-0.3, -0.25) is 9.69 Å². The molecular formula is C32H35N3O4. The molecule has 0 N–H and O–H groups in total. The number of amidine groups is 1. The van der Waals surface area contributed by atoms with Crippen molar-refractivity contribution in [3.63, 3.8) is 0 Å². The van der Waals surface area contributed by atoms with Crippen LogP contribution in [0.2, 0.25) is 0 Å². The quantitative estimate of drug-likeness (QED) is 0.150. The molecule has 0 fully saturated rings. The van der Waals surface area contributed by atoms with Crippen LogP contribution in [-0.4, -0.2) is 31.0 Å². The van der Waals surface area contributed by atoms with Crippen molar-refractivity contribution >= 4 is 29.1 Å². The van der Waals surface area contributed by atoms with Crippen LogP contribution in [0, 0.1) is 0 Å². The number of nitrogens with zero attached hydrogens (tertiary/aromatic N) is 3. The fourth-order valence-corrected chi connectivity index (χ4v) is 4.15. The highest BCUT2D eigenvalue weighted by molar-refractivity contribution is 6.16. The number of unbranched alkanes of at least 4 members (excludes halogenated alkanes) is 2. The van der Waals surface area contributed by atoms with Crippen molar-refractivity contribution in [2.24, 2.45) is 5.10 Å². The Bertz CT molecular complexity index is 1290. The minimum Gasteiger partial charge on any atom is -0.465 e. The van der Waals surface area contributed by atoms with Gasteiger partial charge in [-0.25, -0.2) is 9.80 Å². The summed E-state index contributed by atoms with van der Waals surface area (Å²) in [5, 5.41) is 6.72. The fourth-order valence-electron chi connectivity index (χ4n) is 4.15. The Balaban J connectivity index is 1.91. The van der Waals surface area contributed by atoms with Gasteiger partial charge >= 0.3 is 11.9 Å². The normalized spacial score (nSPS) is 14.2. The van der Waals surface area contributed by atoms with Gasteiger partial charge in [0.05, 0.1) is 30.9 Å². The summed E-state index contributed by atoms with van der Waals surface area (Å²) in [6.45, 7) is 4.63. The molecule has 39 heavy (non-hydrogen) atoms. The van der Waals surface area contributed by atoms with Crippen molar-refractivity contribution in [1.29, 1.82) is 0 Å². The number of ether oxygens (including phenoxy) is 2. The van der Waals surface area contributed by atoms with E-state index in [0.29, 0.717) is 18.3 Å². The maximum absolute atomic E-state index is 13.7. The Hall–Kier alpha value is -4.39. The van der Waals surface area contributed by atoms with Crippen LogP contribution >= 0.6 is 0 Å². The Morgan fingerprint density at radius 2 is 1.26 bits per heavy atom. The first-order valence-electron chi connectivity index (χ1n) is 13.5. The third kappa shape index (κ3) is 6.93. The van der Waals surface area contributed by atoms with Crippen molar-refractivity contribution in [2.75, 3.05) is 23.1 Å². The van der Waals surface area contributed by atoms with Crippen LogP contribution in [0.15, 0.2) is 107 Å². The number of hydrazone groups is 1. The van der Waals surface area contributed by atoms with E-state index >= 15 is 0 Å². The highest BCUT2D eigenvalue weighted by atomic mass is 16.5. The van der Waals surface area contributed by atoms with E-state index in [1.807, 2.05) is 110 Å². The van der Waals surface area contributed by atoms with Crippen LogP contribution in [-0.2, 0) is 19.1 Å². The van der Waals surface area contributed by atoms with Crippen molar-refractivity contribution in [1.82, 2.24) is 0 Å². The number of rotatable bonds is 12. The molecule has 0 atom stereocenters. The molecule has 1 aliphatic rings. The minimum absolute atomic E-state index is 0.190. The number of carbonyl (C=O) groups is 2. The van der Waals surface area contributed by atoms with E-state index in [2.05, 4.69) is 0 Å². The van der Waals surface area contributed by atoms with Crippen molar-refractivity contribution in [3.05, 3.63) is 108 Å². The van der Waals surface area contributed by atoms with Gasteiger partial charge in [0.15, 0.2) is 11.7 Å². The number of anilines is 2. The molecule has 4 rings (SSSR count). The first kappa shape index (κ1) is 27.6. The molecule has 7 heteroatoms. The summed E-state index contributed by atoms with van der Waals surface area (Å²) in [5.41, 5.74) is 2.60. The summed E-state index contributed by atoms with van der Waals surface area (Å²) in [7, 11) is 0. The van der Waals surface area contributed by atoms with E-state index in [4.69, 9.17) is 14.6 Å². The van der Waals surface area contributed by atoms with Gasteiger partial charge in [0.1, 0.15) is 0 Å². The molecule has 3 aromatic carbocycles. The molecule has 1 heterocycles. The van der Waals surface area contributed by atoms with Crippen LogP contribution in [0.4, 0.5) is 11.4 Å². The second kappa shape index (κ2) is 14.0. The molecule has 0 radical (unpaired) electrons. The van der Waals surface area contributed by atoms with Gasteiger partial charge in [-0.15, -0.1) is 5.10 Å². The van der Waals surface area contributed by atoms with Crippen LogP contribution in [0.1, 0.15) is 51.5 Å². The summed E-state index contributed by atoms with van der Waals surface area (Å²) >= 11 is 0. The molecule has 0 saturated heterocycles. The van der Waals surface area contributed by atoms with Gasteiger partial charge in [-0.05, 0) is 37.1 Å². The highest BCUT2D eigenvalue weighted by Gasteiger charge is 2.38.